The maximum absolute atomic E-state index is 6.10. The van der Waals surface area contributed by atoms with E-state index in [1.54, 1.807) is 0 Å². The van der Waals surface area contributed by atoms with Crippen LogP contribution in [-0.4, -0.2) is 0 Å². The number of rotatable bonds is 2. The molecule has 66 valence electrons. The Hall–Kier alpha value is -1.34. The van der Waals surface area contributed by atoms with Gasteiger partial charge in [0.15, 0.2) is 0 Å². The van der Waals surface area contributed by atoms with E-state index in [2.05, 4.69) is 24.3 Å². The predicted octanol–water partition coefficient (Wildman–Crippen LogP) is 2.43. The minimum atomic E-state index is 0.0937. The lowest BCUT2D eigenvalue weighted by Crippen LogP contribution is -2.17. The zero-order valence-corrected chi connectivity index (χ0v) is 7.43. The van der Waals surface area contributed by atoms with E-state index in [1.165, 1.54) is 5.56 Å². The fraction of sp³-hybridized carbons (Fsp3) is 0.167. The second-order valence-corrected chi connectivity index (χ2v) is 3.28. The van der Waals surface area contributed by atoms with E-state index in [0.717, 1.165) is 0 Å². The van der Waals surface area contributed by atoms with Crippen molar-refractivity contribution in [3.63, 3.8) is 0 Å². The van der Waals surface area contributed by atoms with Crippen LogP contribution in [0.1, 0.15) is 11.6 Å². The summed E-state index contributed by atoms with van der Waals surface area (Å²) < 4.78 is 0. The predicted molar refractivity (Wildman–Crippen MR) is 55.1 cm³/mol. The van der Waals surface area contributed by atoms with Crippen molar-refractivity contribution < 1.29 is 0 Å². The summed E-state index contributed by atoms with van der Waals surface area (Å²) in [5.74, 6) is 0.363. The molecule has 1 heteroatoms. The third kappa shape index (κ3) is 1.70. The molecular weight excluding hydrogens is 158 g/mol. The molecule has 1 aliphatic carbocycles. The molecule has 0 saturated carbocycles. The lowest BCUT2D eigenvalue weighted by Gasteiger charge is -2.15. The summed E-state index contributed by atoms with van der Waals surface area (Å²) in [6.07, 6.45) is 8.37. The van der Waals surface area contributed by atoms with Gasteiger partial charge in [-0.3, -0.25) is 0 Å². The van der Waals surface area contributed by atoms with Gasteiger partial charge in [0.2, 0.25) is 0 Å². The molecule has 0 aliphatic heterocycles. The summed E-state index contributed by atoms with van der Waals surface area (Å²) in [6.45, 7) is 0. The molecule has 0 bridgehead atoms. The Labute approximate surface area is 78.6 Å². The Kier molecular flexibility index (Phi) is 2.28. The molecule has 0 spiro atoms. The molecule has 1 aromatic carbocycles. The van der Waals surface area contributed by atoms with Gasteiger partial charge >= 0.3 is 0 Å². The molecule has 2 rings (SSSR count). The summed E-state index contributed by atoms with van der Waals surface area (Å²) in [5.41, 5.74) is 7.30. The summed E-state index contributed by atoms with van der Waals surface area (Å²) >= 11 is 0. The highest BCUT2D eigenvalue weighted by Gasteiger charge is 2.14. The van der Waals surface area contributed by atoms with Crippen LogP contribution in [0.4, 0.5) is 0 Å². The first-order chi connectivity index (χ1) is 6.38. The van der Waals surface area contributed by atoms with Crippen molar-refractivity contribution in [2.75, 3.05) is 0 Å². The summed E-state index contributed by atoms with van der Waals surface area (Å²) in [4.78, 5) is 0. The summed E-state index contributed by atoms with van der Waals surface area (Å²) in [6, 6.07) is 10.3. The number of nitrogens with two attached hydrogens (primary N) is 1. The highest BCUT2D eigenvalue weighted by molar-refractivity contribution is 5.27. The Morgan fingerprint density at radius 1 is 1.00 bits per heavy atom. The standard InChI is InChI=1S/C12H13N/c13-12(11-8-4-5-9-11)10-6-2-1-3-7-10/h1-9,11-12H,13H2/t12-/m1/s1. The molecule has 0 fully saturated rings. The zero-order chi connectivity index (χ0) is 9.10. The highest BCUT2D eigenvalue weighted by Crippen LogP contribution is 2.24. The normalized spacial score (nSPS) is 17.9. The molecule has 2 N–H and O–H groups in total. The smallest absolute Gasteiger partial charge is 0.0393 e. The number of allylic oxidation sites excluding steroid dienone is 2. The van der Waals surface area contributed by atoms with Crippen LogP contribution in [0.3, 0.4) is 0 Å². The maximum atomic E-state index is 6.10. The van der Waals surface area contributed by atoms with Crippen molar-refractivity contribution in [2.45, 2.75) is 6.04 Å². The lowest BCUT2D eigenvalue weighted by molar-refractivity contribution is 0.624. The molecule has 0 saturated heterocycles. The minimum Gasteiger partial charge on any atom is -0.323 e. The lowest BCUT2D eigenvalue weighted by atomic mass is 9.95. The van der Waals surface area contributed by atoms with Crippen LogP contribution in [0.25, 0.3) is 0 Å². The van der Waals surface area contributed by atoms with Crippen LogP contribution in [0.15, 0.2) is 54.6 Å². The van der Waals surface area contributed by atoms with E-state index >= 15 is 0 Å². The van der Waals surface area contributed by atoms with Crippen LogP contribution in [-0.2, 0) is 0 Å². The minimum absolute atomic E-state index is 0.0937. The second-order valence-electron chi connectivity index (χ2n) is 3.28. The Balaban J connectivity index is 2.18. The van der Waals surface area contributed by atoms with Gasteiger partial charge in [0, 0.05) is 12.0 Å². The van der Waals surface area contributed by atoms with Crippen LogP contribution in [0, 0.1) is 5.92 Å². The van der Waals surface area contributed by atoms with Gasteiger partial charge < -0.3 is 5.73 Å². The fourth-order valence-corrected chi connectivity index (χ4v) is 1.59. The van der Waals surface area contributed by atoms with E-state index < -0.39 is 0 Å². The van der Waals surface area contributed by atoms with Crippen molar-refractivity contribution >= 4 is 0 Å². The van der Waals surface area contributed by atoms with Crippen LogP contribution in [0.5, 0.6) is 0 Å². The molecule has 0 aromatic heterocycles. The quantitative estimate of drug-likeness (QED) is 0.726. The molecule has 0 heterocycles. The average molecular weight is 171 g/mol. The van der Waals surface area contributed by atoms with Crippen molar-refractivity contribution in [3.05, 3.63) is 60.2 Å². The van der Waals surface area contributed by atoms with Gasteiger partial charge in [0.25, 0.3) is 0 Å². The average Bonchev–Trinajstić information content (AvgIpc) is 2.71. The van der Waals surface area contributed by atoms with Gasteiger partial charge in [0.05, 0.1) is 0 Å². The maximum Gasteiger partial charge on any atom is 0.0393 e. The molecular formula is C12H13N. The zero-order valence-electron chi connectivity index (χ0n) is 7.43. The molecule has 13 heavy (non-hydrogen) atoms. The Morgan fingerprint density at radius 2 is 1.62 bits per heavy atom. The summed E-state index contributed by atoms with van der Waals surface area (Å²) in [5, 5.41) is 0. The molecule has 1 aromatic rings. The first-order valence-corrected chi connectivity index (χ1v) is 4.53. The topological polar surface area (TPSA) is 26.0 Å². The fourth-order valence-electron chi connectivity index (χ4n) is 1.59. The summed E-state index contributed by atoms with van der Waals surface area (Å²) in [7, 11) is 0. The van der Waals surface area contributed by atoms with Gasteiger partial charge in [0.1, 0.15) is 0 Å². The van der Waals surface area contributed by atoms with Gasteiger partial charge in [-0.15, -0.1) is 0 Å². The molecule has 0 amide bonds. The molecule has 1 aliphatic rings. The largest absolute Gasteiger partial charge is 0.323 e. The van der Waals surface area contributed by atoms with Crippen LogP contribution < -0.4 is 5.73 Å². The SMILES string of the molecule is N[C@H](c1ccccc1)C1C=CC=C1. The third-order valence-electron chi connectivity index (χ3n) is 2.38. The van der Waals surface area contributed by atoms with Crippen molar-refractivity contribution in [1.82, 2.24) is 0 Å². The van der Waals surface area contributed by atoms with Crippen LogP contribution >= 0.6 is 0 Å². The second kappa shape index (κ2) is 3.58. The number of benzene rings is 1. The van der Waals surface area contributed by atoms with E-state index in [9.17, 15) is 0 Å². The number of hydrogen-bond donors (Lipinski definition) is 1. The van der Waals surface area contributed by atoms with Gasteiger partial charge in [-0.1, -0.05) is 54.6 Å². The molecule has 1 atom stereocenters. The monoisotopic (exact) mass is 171 g/mol. The molecule has 0 unspecified atom stereocenters. The van der Waals surface area contributed by atoms with Crippen molar-refractivity contribution in [2.24, 2.45) is 11.7 Å². The van der Waals surface area contributed by atoms with Gasteiger partial charge in [-0.05, 0) is 5.56 Å². The molecule has 1 nitrogen and oxygen atoms in total. The van der Waals surface area contributed by atoms with E-state index in [4.69, 9.17) is 5.73 Å². The van der Waals surface area contributed by atoms with Gasteiger partial charge in [-0.2, -0.15) is 0 Å². The van der Waals surface area contributed by atoms with E-state index in [0.29, 0.717) is 5.92 Å². The van der Waals surface area contributed by atoms with E-state index in [-0.39, 0.29) is 6.04 Å². The van der Waals surface area contributed by atoms with Crippen molar-refractivity contribution in [1.29, 1.82) is 0 Å². The first-order valence-electron chi connectivity index (χ1n) is 4.53. The van der Waals surface area contributed by atoms with E-state index in [1.807, 2.05) is 30.4 Å². The third-order valence-corrected chi connectivity index (χ3v) is 2.38. The Bertz CT molecular complexity index is 312. The first kappa shape index (κ1) is 8.27. The molecule has 0 radical (unpaired) electrons. The van der Waals surface area contributed by atoms with Crippen LogP contribution in [0.2, 0.25) is 0 Å². The number of hydrogen-bond acceptors (Lipinski definition) is 1. The Morgan fingerprint density at radius 3 is 2.23 bits per heavy atom. The van der Waals surface area contributed by atoms with Gasteiger partial charge in [-0.25, -0.2) is 0 Å². The van der Waals surface area contributed by atoms with Crippen molar-refractivity contribution in [3.8, 4) is 0 Å². The highest BCUT2D eigenvalue weighted by atomic mass is 14.6.